The molecule has 27 heavy (non-hydrogen) atoms. The van der Waals surface area contributed by atoms with Crippen LogP contribution in [0.2, 0.25) is 5.02 Å². The Bertz CT molecular complexity index is 1030. The molecular weight excluding hydrogens is 362 g/mol. The number of para-hydroxylation sites is 1. The molecule has 0 aliphatic carbocycles. The second-order valence-corrected chi connectivity index (χ2v) is 7.30. The number of fused-ring (bicyclic) bond motifs is 1. The quantitative estimate of drug-likeness (QED) is 0.709. The number of hydrogen-bond donors (Lipinski definition) is 2. The number of rotatable bonds is 4. The Morgan fingerprint density at radius 2 is 2.11 bits per heavy atom. The first-order chi connectivity index (χ1) is 13.0. The lowest BCUT2D eigenvalue weighted by Gasteiger charge is -2.24. The van der Waals surface area contributed by atoms with Gasteiger partial charge in [0.05, 0.1) is 0 Å². The van der Waals surface area contributed by atoms with Crippen molar-refractivity contribution >= 4 is 40.0 Å². The van der Waals surface area contributed by atoms with Gasteiger partial charge >= 0.3 is 0 Å². The highest BCUT2D eigenvalue weighted by Crippen LogP contribution is 2.27. The number of amides is 2. The van der Waals surface area contributed by atoms with Gasteiger partial charge in [0.15, 0.2) is 0 Å². The number of aromatic amines is 1. The van der Waals surface area contributed by atoms with Gasteiger partial charge in [0.2, 0.25) is 11.8 Å². The van der Waals surface area contributed by atoms with Crippen LogP contribution in [0.25, 0.3) is 10.9 Å². The van der Waals surface area contributed by atoms with Crippen LogP contribution in [0.5, 0.6) is 0 Å². The van der Waals surface area contributed by atoms with Crippen molar-refractivity contribution in [3.8, 4) is 0 Å². The van der Waals surface area contributed by atoms with Gasteiger partial charge in [-0.25, -0.2) is 0 Å². The highest BCUT2D eigenvalue weighted by Gasteiger charge is 2.36. The lowest BCUT2D eigenvalue weighted by atomic mass is 10.1. The zero-order valence-corrected chi connectivity index (χ0v) is 15.7. The van der Waals surface area contributed by atoms with Crippen LogP contribution in [0.4, 0.5) is 5.69 Å². The third-order valence-electron chi connectivity index (χ3n) is 5.09. The molecule has 3 aromatic rings. The van der Waals surface area contributed by atoms with Crippen molar-refractivity contribution in [2.45, 2.75) is 32.4 Å². The Labute approximate surface area is 162 Å². The minimum absolute atomic E-state index is 0.00219. The molecule has 1 aliphatic rings. The number of carbonyl (C=O) groups excluding carboxylic acids is 2. The molecule has 5 nitrogen and oxygen atoms in total. The summed E-state index contributed by atoms with van der Waals surface area (Å²) in [5.41, 5.74) is 3.63. The van der Waals surface area contributed by atoms with Gasteiger partial charge in [0, 0.05) is 40.8 Å². The summed E-state index contributed by atoms with van der Waals surface area (Å²) >= 11 is 6.14. The van der Waals surface area contributed by atoms with Gasteiger partial charge in [-0.05, 0) is 42.7 Å². The molecule has 1 fully saturated rings. The van der Waals surface area contributed by atoms with Crippen molar-refractivity contribution in [3.63, 3.8) is 0 Å². The minimum atomic E-state index is -0.480. The topological polar surface area (TPSA) is 65.2 Å². The van der Waals surface area contributed by atoms with Crippen molar-refractivity contribution in [3.05, 3.63) is 64.8 Å². The molecule has 1 atom stereocenters. The van der Waals surface area contributed by atoms with Crippen molar-refractivity contribution in [2.24, 2.45) is 0 Å². The Kier molecular flexibility index (Phi) is 4.62. The Morgan fingerprint density at radius 1 is 1.30 bits per heavy atom. The second-order valence-electron chi connectivity index (χ2n) is 6.89. The molecule has 2 aromatic carbocycles. The van der Waals surface area contributed by atoms with Gasteiger partial charge in [-0.15, -0.1) is 0 Å². The molecule has 2 heterocycles. The van der Waals surface area contributed by atoms with E-state index in [1.165, 1.54) is 0 Å². The fraction of sp³-hybridized carbons (Fsp3) is 0.238. The Morgan fingerprint density at radius 3 is 2.93 bits per heavy atom. The molecule has 1 aromatic heterocycles. The summed E-state index contributed by atoms with van der Waals surface area (Å²) in [4.78, 5) is 30.1. The second kappa shape index (κ2) is 7.08. The zero-order valence-electron chi connectivity index (χ0n) is 15.0. The average molecular weight is 382 g/mol. The summed E-state index contributed by atoms with van der Waals surface area (Å²) in [5, 5.41) is 4.57. The Hall–Kier alpha value is -2.79. The van der Waals surface area contributed by atoms with Crippen LogP contribution in [0.1, 0.15) is 24.0 Å². The number of aromatic nitrogens is 1. The largest absolute Gasteiger partial charge is 0.361 e. The maximum atomic E-state index is 12.8. The van der Waals surface area contributed by atoms with Gasteiger partial charge in [0.1, 0.15) is 6.04 Å². The molecule has 2 N–H and O–H groups in total. The number of carbonyl (C=O) groups is 2. The highest BCUT2D eigenvalue weighted by molar-refractivity contribution is 6.31. The zero-order chi connectivity index (χ0) is 19.0. The fourth-order valence-electron chi connectivity index (χ4n) is 3.55. The van der Waals surface area contributed by atoms with Gasteiger partial charge in [0.25, 0.3) is 0 Å². The molecule has 1 aliphatic heterocycles. The summed E-state index contributed by atoms with van der Waals surface area (Å²) in [6.45, 7) is 2.32. The molecule has 2 amide bonds. The van der Waals surface area contributed by atoms with E-state index < -0.39 is 6.04 Å². The monoisotopic (exact) mass is 381 g/mol. The number of nitrogens with one attached hydrogen (secondary N) is 2. The predicted molar refractivity (Wildman–Crippen MR) is 107 cm³/mol. The van der Waals surface area contributed by atoms with Crippen LogP contribution in [0.15, 0.2) is 48.7 Å². The van der Waals surface area contributed by atoms with Crippen LogP contribution in [-0.2, 0) is 16.1 Å². The predicted octanol–water partition coefficient (Wildman–Crippen LogP) is 4.26. The third-order valence-corrected chi connectivity index (χ3v) is 5.49. The maximum Gasteiger partial charge on any atom is 0.247 e. The van der Waals surface area contributed by atoms with Crippen LogP contribution < -0.4 is 5.32 Å². The molecule has 0 radical (unpaired) electrons. The summed E-state index contributed by atoms with van der Waals surface area (Å²) in [7, 11) is 0. The number of benzene rings is 2. The fourth-order valence-corrected chi connectivity index (χ4v) is 3.73. The highest BCUT2D eigenvalue weighted by atomic mass is 35.5. The van der Waals surface area contributed by atoms with Crippen molar-refractivity contribution < 1.29 is 9.59 Å². The molecule has 1 saturated heterocycles. The molecule has 138 valence electrons. The van der Waals surface area contributed by atoms with Gasteiger partial charge < -0.3 is 15.2 Å². The van der Waals surface area contributed by atoms with Crippen LogP contribution in [-0.4, -0.2) is 27.7 Å². The van der Waals surface area contributed by atoms with Crippen molar-refractivity contribution in [1.29, 1.82) is 0 Å². The van der Waals surface area contributed by atoms with E-state index in [2.05, 4.69) is 10.3 Å². The number of aryl methyl sites for hydroxylation is 1. The average Bonchev–Trinajstić information content (AvgIpc) is 3.23. The number of nitrogens with zero attached hydrogens (tertiary/aromatic N) is 1. The molecule has 0 saturated carbocycles. The lowest BCUT2D eigenvalue weighted by molar-refractivity contribution is -0.133. The van der Waals surface area contributed by atoms with Crippen LogP contribution >= 0.6 is 11.6 Å². The molecule has 1 unspecified atom stereocenters. The van der Waals surface area contributed by atoms with Crippen LogP contribution in [0, 0.1) is 6.92 Å². The van der Waals surface area contributed by atoms with E-state index in [0.717, 1.165) is 22.0 Å². The van der Waals surface area contributed by atoms with E-state index in [0.29, 0.717) is 30.1 Å². The normalized spacial score (nSPS) is 16.9. The van der Waals surface area contributed by atoms with Crippen molar-refractivity contribution in [1.82, 2.24) is 9.88 Å². The third kappa shape index (κ3) is 3.43. The number of anilines is 1. The Balaban J connectivity index is 1.53. The molecule has 4 rings (SSSR count). The first kappa shape index (κ1) is 17.6. The first-order valence-corrected chi connectivity index (χ1v) is 9.32. The van der Waals surface area contributed by atoms with Crippen LogP contribution in [0.3, 0.4) is 0 Å². The molecule has 0 bridgehead atoms. The van der Waals surface area contributed by atoms with E-state index in [1.54, 1.807) is 11.0 Å². The van der Waals surface area contributed by atoms with E-state index in [-0.39, 0.29) is 11.8 Å². The number of H-pyrrole nitrogens is 1. The van der Waals surface area contributed by atoms with Gasteiger partial charge in [-0.3, -0.25) is 9.59 Å². The SMILES string of the molecule is Cc1ccc(NC(=O)C2CCC(=O)N2Cc2c[nH]c3ccccc23)cc1Cl. The van der Waals surface area contributed by atoms with E-state index >= 15 is 0 Å². The minimum Gasteiger partial charge on any atom is -0.361 e. The molecular formula is C21H20ClN3O2. The first-order valence-electron chi connectivity index (χ1n) is 8.94. The number of halogens is 1. The van der Waals surface area contributed by atoms with Gasteiger partial charge in [-0.1, -0.05) is 35.9 Å². The van der Waals surface area contributed by atoms with E-state index in [4.69, 9.17) is 11.6 Å². The standard InChI is InChI=1S/C21H20ClN3O2/c1-13-6-7-15(10-17(13)22)24-21(27)19-8-9-20(26)25(19)12-14-11-23-18-5-3-2-4-16(14)18/h2-7,10-11,19,23H,8-9,12H2,1H3,(H,24,27). The van der Waals surface area contributed by atoms with Crippen molar-refractivity contribution in [2.75, 3.05) is 5.32 Å². The molecule has 6 heteroatoms. The van der Waals surface area contributed by atoms with Gasteiger partial charge in [-0.2, -0.15) is 0 Å². The maximum absolute atomic E-state index is 12.8. The number of likely N-dealkylation sites (tertiary alicyclic amines) is 1. The molecule has 0 spiro atoms. The summed E-state index contributed by atoms with van der Waals surface area (Å²) in [6, 6.07) is 12.9. The van der Waals surface area contributed by atoms with E-state index in [1.807, 2.05) is 49.5 Å². The number of hydrogen-bond acceptors (Lipinski definition) is 2. The summed E-state index contributed by atoms with van der Waals surface area (Å²) in [5.74, 6) is -0.178. The smallest absolute Gasteiger partial charge is 0.247 e. The van der Waals surface area contributed by atoms with E-state index in [9.17, 15) is 9.59 Å². The lowest BCUT2D eigenvalue weighted by Crippen LogP contribution is -2.41. The summed E-state index contributed by atoms with van der Waals surface area (Å²) in [6.07, 6.45) is 2.81. The summed E-state index contributed by atoms with van der Waals surface area (Å²) < 4.78 is 0.